The van der Waals surface area contributed by atoms with E-state index in [9.17, 15) is 4.79 Å². The Labute approximate surface area is 134 Å². The van der Waals surface area contributed by atoms with Gasteiger partial charge in [-0.1, -0.05) is 35.8 Å². The molecule has 0 saturated carbocycles. The van der Waals surface area contributed by atoms with Gasteiger partial charge in [0.25, 0.3) is 0 Å². The monoisotopic (exact) mass is 345 g/mol. The van der Waals surface area contributed by atoms with E-state index < -0.39 is 0 Å². The van der Waals surface area contributed by atoms with Crippen LogP contribution in [0.2, 0.25) is 0 Å². The molecule has 0 saturated heterocycles. The van der Waals surface area contributed by atoms with E-state index in [1.807, 2.05) is 6.07 Å². The maximum absolute atomic E-state index is 12.4. The lowest BCUT2D eigenvalue weighted by atomic mass is 9.76. The van der Waals surface area contributed by atoms with Crippen LogP contribution in [0, 0.1) is 19.3 Å². The van der Waals surface area contributed by atoms with Gasteiger partial charge in [-0.3, -0.25) is 4.79 Å². The number of carbonyl (C=O) groups is 1. The molecule has 110 valence electrons. The first-order valence-electron chi connectivity index (χ1n) is 7.29. The summed E-state index contributed by atoms with van der Waals surface area (Å²) in [6.07, 6.45) is 1.58. The van der Waals surface area contributed by atoms with Crippen molar-refractivity contribution in [2.75, 3.05) is 0 Å². The Hall–Kier alpha value is -1.35. The number of ketones is 1. The number of fused-ring (bicyclic) bond motifs is 1. The van der Waals surface area contributed by atoms with Gasteiger partial charge in [0.2, 0.25) is 0 Å². The second-order valence-corrected chi connectivity index (χ2v) is 7.77. The molecule has 1 aliphatic carbocycles. The van der Waals surface area contributed by atoms with E-state index in [2.05, 4.69) is 66.4 Å². The van der Waals surface area contributed by atoms with Crippen molar-refractivity contribution in [1.29, 1.82) is 0 Å². The molecular formula is C18H20BrNO. The molecule has 3 rings (SSSR count). The summed E-state index contributed by atoms with van der Waals surface area (Å²) in [6, 6.07) is 8.35. The first-order chi connectivity index (χ1) is 9.78. The number of halogens is 1. The van der Waals surface area contributed by atoms with Crippen LogP contribution < -0.4 is 0 Å². The van der Waals surface area contributed by atoms with E-state index in [1.165, 1.54) is 5.56 Å². The molecule has 2 nitrogen and oxygen atoms in total. The Balaban J connectivity index is 2.26. The molecule has 1 aromatic heterocycles. The number of nitrogens with zero attached hydrogens (tertiary/aromatic N) is 1. The molecule has 0 aliphatic heterocycles. The van der Waals surface area contributed by atoms with Crippen molar-refractivity contribution in [1.82, 2.24) is 4.57 Å². The highest BCUT2D eigenvalue weighted by Crippen LogP contribution is 2.38. The van der Waals surface area contributed by atoms with E-state index in [0.717, 1.165) is 33.5 Å². The van der Waals surface area contributed by atoms with Crippen molar-refractivity contribution < 1.29 is 4.79 Å². The van der Waals surface area contributed by atoms with Crippen molar-refractivity contribution in [2.24, 2.45) is 5.41 Å². The van der Waals surface area contributed by atoms with Gasteiger partial charge in [0.1, 0.15) is 0 Å². The van der Waals surface area contributed by atoms with Crippen LogP contribution in [-0.2, 0) is 6.42 Å². The zero-order chi connectivity index (χ0) is 15.4. The van der Waals surface area contributed by atoms with Crippen LogP contribution >= 0.6 is 15.9 Å². The average molecular weight is 346 g/mol. The molecule has 21 heavy (non-hydrogen) atoms. The van der Waals surface area contributed by atoms with Crippen molar-refractivity contribution >= 4 is 21.7 Å². The van der Waals surface area contributed by atoms with Crippen LogP contribution in [0.4, 0.5) is 0 Å². The average Bonchev–Trinajstić information content (AvgIpc) is 2.68. The van der Waals surface area contributed by atoms with Crippen molar-refractivity contribution in [2.45, 2.75) is 40.5 Å². The predicted octanol–water partition coefficient (Wildman–Crippen LogP) is 5.01. The standard InChI is InChI=1S/C18H20BrNO/c1-11-5-6-13(19)8-15(11)20-12(2)7-14-16(20)9-18(3,4)10-17(14)21/h5-8H,9-10H2,1-4H3. The Morgan fingerprint density at radius 3 is 2.57 bits per heavy atom. The summed E-state index contributed by atoms with van der Waals surface area (Å²) in [5, 5.41) is 0. The van der Waals surface area contributed by atoms with Crippen molar-refractivity contribution in [3.8, 4) is 5.69 Å². The molecule has 0 amide bonds. The van der Waals surface area contributed by atoms with E-state index in [0.29, 0.717) is 6.42 Å². The van der Waals surface area contributed by atoms with Gasteiger partial charge >= 0.3 is 0 Å². The molecule has 0 spiro atoms. The molecule has 0 N–H and O–H groups in total. The van der Waals surface area contributed by atoms with Gasteiger partial charge in [-0.05, 0) is 49.4 Å². The fraction of sp³-hybridized carbons (Fsp3) is 0.389. The third-order valence-corrected chi connectivity index (χ3v) is 4.78. The quantitative estimate of drug-likeness (QED) is 0.711. The number of Topliss-reactive ketones (excluding diaryl/α,β-unsaturated/α-hetero) is 1. The van der Waals surface area contributed by atoms with E-state index >= 15 is 0 Å². The van der Waals surface area contributed by atoms with Gasteiger partial charge in [-0.15, -0.1) is 0 Å². The van der Waals surface area contributed by atoms with Gasteiger partial charge in [-0.25, -0.2) is 0 Å². The zero-order valence-corrected chi connectivity index (χ0v) is 14.5. The summed E-state index contributed by atoms with van der Waals surface area (Å²) >= 11 is 3.56. The van der Waals surface area contributed by atoms with Crippen LogP contribution in [0.5, 0.6) is 0 Å². The number of hydrogen-bond acceptors (Lipinski definition) is 1. The molecule has 0 unspecified atom stereocenters. The molecular weight excluding hydrogens is 326 g/mol. The molecule has 2 aromatic rings. The van der Waals surface area contributed by atoms with E-state index in [4.69, 9.17) is 0 Å². The first-order valence-corrected chi connectivity index (χ1v) is 8.09. The smallest absolute Gasteiger partial charge is 0.165 e. The predicted molar refractivity (Wildman–Crippen MR) is 89.4 cm³/mol. The highest BCUT2D eigenvalue weighted by molar-refractivity contribution is 9.10. The van der Waals surface area contributed by atoms with E-state index in [-0.39, 0.29) is 11.2 Å². The largest absolute Gasteiger partial charge is 0.317 e. The molecule has 1 aromatic carbocycles. The number of hydrogen-bond donors (Lipinski definition) is 0. The molecule has 0 fully saturated rings. The highest BCUT2D eigenvalue weighted by Gasteiger charge is 2.34. The van der Waals surface area contributed by atoms with Crippen LogP contribution in [0.15, 0.2) is 28.7 Å². The molecule has 0 bridgehead atoms. The number of carbonyl (C=O) groups excluding carboxylic acids is 1. The van der Waals surface area contributed by atoms with Crippen molar-refractivity contribution in [3.63, 3.8) is 0 Å². The summed E-state index contributed by atoms with van der Waals surface area (Å²) in [7, 11) is 0. The van der Waals surface area contributed by atoms with Gasteiger partial charge in [0, 0.05) is 33.5 Å². The van der Waals surface area contributed by atoms with Gasteiger partial charge in [-0.2, -0.15) is 0 Å². The van der Waals surface area contributed by atoms with Crippen LogP contribution in [-0.4, -0.2) is 10.4 Å². The molecule has 3 heteroatoms. The van der Waals surface area contributed by atoms with E-state index in [1.54, 1.807) is 0 Å². The number of benzene rings is 1. The number of rotatable bonds is 1. The van der Waals surface area contributed by atoms with Gasteiger partial charge < -0.3 is 4.57 Å². The van der Waals surface area contributed by atoms with Gasteiger partial charge in [0.05, 0.1) is 0 Å². The zero-order valence-electron chi connectivity index (χ0n) is 13.0. The summed E-state index contributed by atoms with van der Waals surface area (Å²) in [6.45, 7) is 8.55. The second-order valence-electron chi connectivity index (χ2n) is 6.85. The third kappa shape index (κ3) is 2.48. The maximum Gasteiger partial charge on any atom is 0.165 e. The van der Waals surface area contributed by atoms with Crippen LogP contribution in [0.3, 0.4) is 0 Å². The molecule has 0 atom stereocenters. The van der Waals surface area contributed by atoms with Gasteiger partial charge in [0.15, 0.2) is 5.78 Å². The van der Waals surface area contributed by atoms with Crippen LogP contribution in [0.1, 0.15) is 47.6 Å². The Kier molecular flexibility index (Phi) is 3.36. The third-order valence-electron chi connectivity index (χ3n) is 4.28. The molecule has 1 aliphatic rings. The highest BCUT2D eigenvalue weighted by atomic mass is 79.9. The lowest BCUT2D eigenvalue weighted by molar-refractivity contribution is 0.0911. The minimum Gasteiger partial charge on any atom is -0.317 e. The Morgan fingerprint density at radius 2 is 1.86 bits per heavy atom. The fourth-order valence-electron chi connectivity index (χ4n) is 3.31. The van der Waals surface area contributed by atoms with Crippen molar-refractivity contribution in [3.05, 3.63) is 51.3 Å². The van der Waals surface area contributed by atoms with Crippen LogP contribution in [0.25, 0.3) is 5.69 Å². The summed E-state index contributed by atoms with van der Waals surface area (Å²) in [5.74, 6) is 0.274. The Morgan fingerprint density at radius 1 is 1.14 bits per heavy atom. The lowest BCUT2D eigenvalue weighted by Gasteiger charge is -2.30. The number of aryl methyl sites for hydroxylation is 2. The summed E-state index contributed by atoms with van der Waals surface area (Å²) in [5.41, 5.74) is 5.62. The normalized spacial score (nSPS) is 16.9. The summed E-state index contributed by atoms with van der Waals surface area (Å²) in [4.78, 5) is 12.4. The topological polar surface area (TPSA) is 22.0 Å². The molecule has 0 radical (unpaired) electrons. The second kappa shape index (κ2) is 4.84. The fourth-order valence-corrected chi connectivity index (χ4v) is 3.66. The minimum absolute atomic E-state index is 0.0343. The minimum atomic E-state index is 0.0343. The first kappa shape index (κ1) is 14.6. The summed E-state index contributed by atoms with van der Waals surface area (Å²) < 4.78 is 3.32. The Bertz CT molecular complexity index is 740. The SMILES string of the molecule is Cc1ccc(Br)cc1-n1c(C)cc2c1CC(C)(C)CC2=O. The molecule has 1 heterocycles. The number of aromatic nitrogens is 1. The maximum atomic E-state index is 12.4. The lowest BCUT2D eigenvalue weighted by Crippen LogP contribution is -2.27.